The van der Waals surface area contributed by atoms with E-state index in [2.05, 4.69) is 25.8 Å². The molecule has 3 amide bonds. The highest BCUT2D eigenvalue weighted by Crippen LogP contribution is 2.24. The summed E-state index contributed by atoms with van der Waals surface area (Å²) >= 11 is 0.888. The number of thiazole rings is 1. The van der Waals surface area contributed by atoms with Gasteiger partial charge in [-0.15, -0.1) is 11.3 Å². The molecule has 1 aliphatic rings. The number of oxazole rings is 1. The maximum Gasteiger partial charge on any atom is 0.362 e. The number of aromatic hydroxyl groups is 1. The molecule has 1 aliphatic heterocycles. The van der Waals surface area contributed by atoms with Crippen LogP contribution in [0, 0.1) is 0 Å². The third-order valence-corrected chi connectivity index (χ3v) is 7.63. The van der Waals surface area contributed by atoms with Crippen LogP contribution < -0.4 is 21.8 Å². The van der Waals surface area contributed by atoms with Gasteiger partial charge in [0.2, 0.25) is 16.9 Å². The number of carboxylic acids is 1. The predicted octanol–water partition coefficient (Wildman–Crippen LogP) is -2.00. The minimum Gasteiger partial charge on any atom is -0.503 e. The SMILES string of the molecule is CC(C)(O/N=C(\C(=O)N[C@@H]1C(=O)N(S(=O)(=O)O)[C@@H]1CNC(=O)c1coc(-c2cc(=O)c(O)cn2O)n1)c1csc(N)n1)C(=O)O. The first-order valence-electron chi connectivity index (χ1n) is 12.1. The lowest BCUT2D eigenvalue weighted by Gasteiger charge is -2.44. The Morgan fingerprint density at radius 1 is 1.24 bits per heavy atom. The van der Waals surface area contributed by atoms with E-state index < -0.39 is 86.7 Å². The summed E-state index contributed by atoms with van der Waals surface area (Å²) in [6.45, 7) is 1.57. The zero-order valence-corrected chi connectivity index (χ0v) is 24.4. The smallest absolute Gasteiger partial charge is 0.362 e. The first-order chi connectivity index (χ1) is 20.9. The summed E-state index contributed by atoms with van der Waals surface area (Å²) in [4.78, 5) is 74.3. The summed E-state index contributed by atoms with van der Waals surface area (Å²) in [6.07, 6.45) is 1.47. The molecule has 0 radical (unpaired) electrons. The molecule has 1 fully saturated rings. The highest BCUT2D eigenvalue weighted by molar-refractivity contribution is 7.84. The Kier molecular flexibility index (Phi) is 8.53. The van der Waals surface area contributed by atoms with E-state index in [1.807, 2.05) is 0 Å². The molecule has 0 saturated carbocycles. The van der Waals surface area contributed by atoms with Gasteiger partial charge in [0.1, 0.15) is 23.7 Å². The van der Waals surface area contributed by atoms with Gasteiger partial charge in [0, 0.05) is 18.0 Å². The van der Waals surface area contributed by atoms with Crippen molar-refractivity contribution < 1.29 is 56.8 Å². The number of pyridine rings is 1. The quantitative estimate of drug-likeness (QED) is 0.0381. The van der Waals surface area contributed by atoms with Crippen LogP contribution >= 0.6 is 11.3 Å². The number of carboxylic acid groups (broad SMARTS) is 1. The maximum absolute atomic E-state index is 13.2. The molecule has 0 unspecified atom stereocenters. The number of β-lactam (4-membered cyclic amide) rings is 1. The summed E-state index contributed by atoms with van der Waals surface area (Å²) < 4.78 is 38.7. The molecule has 23 heteroatoms. The van der Waals surface area contributed by atoms with Crippen LogP contribution in [0.4, 0.5) is 5.13 Å². The number of rotatable bonds is 11. The van der Waals surface area contributed by atoms with Crippen molar-refractivity contribution in [3.8, 4) is 17.3 Å². The summed E-state index contributed by atoms with van der Waals surface area (Å²) in [7, 11) is -5.18. The van der Waals surface area contributed by atoms with Crippen molar-refractivity contribution in [3.05, 3.63) is 45.5 Å². The number of oxime groups is 1. The number of aliphatic carboxylic acids is 1. The second kappa shape index (κ2) is 11.9. The lowest BCUT2D eigenvalue weighted by Crippen LogP contribution is -2.74. The van der Waals surface area contributed by atoms with Gasteiger partial charge in [0.25, 0.3) is 17.7 Å². The highest BCUT2D eigenvalue weighted by atomic mass is 32.2. The van der Waals surface area contributed by atoms with Gasteiger partial charge in [-0.1, -0.05) is 5.16 Å². The average Bonchev–Trinajstić information content (AvgIpc) is 3.60. The van der Waals surface area contributed by atoms with E-state index in [0.29, 0.717) is 10.9 Å². The molecule has 2 atom stereocenters. The van der Waals surface area contributed by atoms with Crippen LogP contribution in [0.1, 0.15) is 30.0 Å². The van der Waals surface area contributed by atoms with Gasteiger partial charge in [0.05, 0.1) is 12.2 Å². The van der Waals surface area contributed by atoms with Crippen molar-refractivity contribution in [2.24, 2.45) is 5.16 Å². The zero-order chi connectivity index (χ0) is 33.4. The number of anilines is 1. The fourth-order valence-corrected chi connectivity index (χ4v) is 5.05. The Morgan fingerprint density at radius 3 is 2.53 bits per heavy atom. The van der Waals surface area contributed by atoms with Crippen molar-refractivity contribution >= 4 is 56.2 Å². The molecule has 4 rings (SSSR count). The number of nitrogens with one attached hydrogen (secondary N) is 2. The average molecular weight is 671 g/mol. The van der Waals surface area contributed by atoms with Crippen molar-refractivity contribution in [2.75, 3.05) is 12.3 Å². The molecule has 240 valence electrons. The first-order valence-corrected chi connectivity index (χ1v) is 14.4. The number of aromatic nitrogens is 3. The Balaban J connectivity index is 1.54. The number of nitrogen functional groups attached to an aromatic ring is 1. The van der Waals surface area contributed by atoms with Crippen molar-refractivity contribution in [3.63, 3.8) is 0 Å². The van der Waals surface area contributed by atoms with Crippen molar-refractivity contribution in [1.29, 1.82) is 0 Å². The minimum atomic E-state index is -5.18. The minimum absolute atomic E-state index is 0.00492. The lowest BCUT2D eigenvalue weighted by molar-refractivity contribution is -0.161. The van der Waals surface area contributed by atoms with E-state index in [-0.39, 0.29) is 20.8 Å². The van der Waals surface area contributed by atoms with Crippen LogP contribution in [-0.2, 0) is 29.5 Å². The molecular formula is C22H22N8O13S2. The second-order valence-electron chi connectivity index (χ2n) is 9.55. The molecule has 21 nitrogen and oxygen atoms in total. The standard InChI is InChI=1S/C22H22N8O13S2/c1-22(2,20(36)37)43-28-14(9-7-44-21(23)26-9)17(34)27-15-11(30(19(15)35)45(39,40)41)4-24-16(33)8-6-42-18(25-8)10-3-12(31)13(32)5-29(10)38/h3,5-7,11,15,32,38H,4H2,1-2H3,(H2,23,26)(H,24,33)(H,27,34)(H,36,37)(H,39,40,41)/b28-14-/t11-,15+/m1/s1. The van der Waals surface area contributed by atoms with Crippen LogP contribution in [0.5, 0.6) is 5.75 Å². The van der Waals surface area contributed by atoms with Gasteiger partial charge in [0.15, 0.2) is 22.3 Å². The van der Waals surface area contributed by atoms with Gasteiger partial charge < -0.3 is 41.0 Å². The Bertz CT molecular complexity index is 1900. The highest BCUT2D eigenvalue weighted by Gasteiger charge is 2.54. The van der Waals surface area contributed by atoms with Gasteiger partial charge >= 0.3 is 16.3 Å². The summed E-state index contributed by atoms with van der Waals surface area (Å²) in [6, 6.07) is -2.50. The first kappa shape index (κ1) is 32.4. The molecule has 0 bridgehead atoms. The molecule has 4 heterocycles. The van der Waals surface area contributed by atoms with Gasteiger partial charge in [-0.2, -0.15) is 13.1 Å². The molecule has 1 saturated heterocycles. The molecular weight excluding hydrogens is 648 g/mol. The zero-order valence-electron chi connectivity index (χ0n) is 22.8. The van der Waals surface area contributed by atoms with Gasteiger partial charge in [-0.3, -0.25) is 23.7 Å². The van der Waals surface area contributed by atoms with E-state index in [0.717, 1.165) is 37.5 Å². The molecule has 8 N–H and O–H groups in total. The maximum atomic E-state index is 13.2. The Morgan fingerprint density at radius 2 is 1.93 bits per heavy atom. The van der Waals surface area contributed by atoms with Gasteiger partial charge in [-0.05, 0) is 13.8 Å². The van der Waals surface area contributed by atoms with Crippen molar-refractivity contribution in [2.45, 2.75) is 31.5 Å². The van der Waals surface area contributed by atoms with Crippen molar-refractivity contribution in [1.82, 2.24) is 29.6 Å². The largest absolute Gasteiger partial charge is 0.503 e. The van der Waals surface area contributed by atoms with E-state index in [1.165, 1.54) is 5.38 Å². The van der Waals surface area contributed by atoms with E-state index >= 15 is 0 Å². The molecule has 3 aromatic heterocycles. The third-order valence-electron chi connectivity index (χ3n) is 6.00. The monoisotopic (exact) mass is 670 g/mol. The van der Waals surface area contributed by atoms with E-state index in [4.69, 9.17) is 15.0 Å². The van der Waals surface area contributed by atoms with Crippen LogP contribution in [0.25, 0.3) is 11.6 Å². The Hall–Kier alpha value is -5.55. The topological polar surface area (TPSA) is 319 Å². The Labute approximate surface area is 254 Å². The fourth-order valence-electron chi connectivity index (χ4n) is 3.63. The number of carbonyl (C=O) groups excluding carboxylic acids is 3. The normalized spacial score (nSPS) is 17.0. The number of nitrogens with two attached hydrogens (primary N) is 1. The van der Waals surface area contributed by atoms with Crippen LogP contribution in [-0.4, -0.2) is 101 Å². The number of hydrogen-bond acceptors (Lipinski definition) is 16. The fraction of sp³-hybridized carbons (Fsp3) is 0.273. The molecule has 3 aromatic rings. The van der Waals surface area contributed by atoms with Crippen LogP contribution in [0.15, 0.2) is 38.3 Å². The third kappa shape index (κ3) is 6.68. The number of amides is 3. The molecule has 45 heavy (non-hydrogen) atoms. The number of carbonyl (C=O) groups is 4. The molecule has 0 aliphatic carbocycles. The molecule has 0 spiro atoms. The number of hydrogen-bond donors (Lipinski definition) is 7. The summed E-state index contributed by atoms with van der Waals surface area (Å²) in [5.74, 6) is -6.14. The van der Waals surface area contributed by atoms with Crippen LogP contribution in [0.2, 0.25) is 0 Å². The van der Waals surface area contributed by atoms with E-state index in [1.54, 1.807) is 0 Å². The summed E-state index contributed by atoms with van der Waals surface area (Å²) in [5, 5.41) is 37.8. The van der Waals surface area contributed by atoms with Gasteiger partial charge in [-0.25, -0.2) is 19.1 Å². The second-order valence-corrected chi connectivity index (χ2v) is 11.7. The number of nitrogens with zero attached hydrogens (tertiary/aromatic N) is 5. The predicted molar refractivity (Wildman–Crippen MR) is 147 cm³/mol. The molecule has 0 aromatic carbocycles. The lowest BCUT2D eigenvalue weighted by atomic mass is 9.98. The summed E-state index contributed by atoms with van der Waals surface area (Å²) in [5.41, 5.74) is 1.21. The van der Waals surface area contributed by atoms with E-state index in [9.17, 15) is 52.4 Å². The van der Waals surface area contributed by atoms with Crippen LogP contribution in [0.3, 0.4) is 0 Å².